The summed E-state index contributed by atoms with van der Waals surface area (Å²) in [6, 6.07) is 2.16. The average molecular weight is 209 g/mol. The van der Waals surface area contributed by atoms with Crippen LogP contribution in [0.1, 0.15) is 25.7 Å². The molecule has 0 spiro atoms. The maximum Gasteiger partial charge on any atom is 0.0726 e. The number of rotatable bonds is 4. The molecule has 0 bridgehead atoms. The molecule has 1 aromatic rings. The van der Waals surface area contributed by atoms with E-state index in [0.717, 1.165) is 19.4 Å². The summed E-state index contributed by atoms with van der Waals surface area (Å²) in [7, 11) is 0. The van der Waals surface area contributed by atoms with Crippen molar-refractivity contribution in [1.82, 2.24) is 9.78 Å². The van der Waals surface area contributed by atoms with Crippen molar-refractivity contribution in [3.63, 3.8) is 0 Å². The number of hydrogen-bond acceptors (Lipinski definition) is 3. The molecule has 0 radical (unpaired) electrons. The van der Waals surface area contributed by atoms with E-state index in [1.807, 2.05) is 16.9 Å². The molecule has 4 nitrogen and oxygen atoms in total. The predicted octanol–water partition coefficient (Wildman–Crippen LogP) is 1.17. The summed E-state index contributed by atoms with van der Waals surface area (Å²) >= 11 is 0. The Morgan fingerprint density at radius 2 is 2.27 bits per heavy atom. The highest BCUT2D eigenvalue weighted by Gasteiger charge is 2.21. The van der Waals surface area contributed by atoms with Gasteiger partial charge in [-0.25, -0.2) is 0 Å². The fourth-order valence-electron chi connectivity index (χ4n) is 2.06. The second-order valence-corrected chi connectivity index (χ2v) is 4.13. The van der Waals surface area contributed by atoms with Gasteiger partial charge >= 0.3 is 0 Å². The summed E-state index contributed by atoms with van der Waals surface area (Å²) in [5, 5.41) is 4.12. The van der Waals surface area contributed by atoms with E-state index in [1.54, 1.807) is 6.20 Å². The van der Waals surface area contributed by atoms with Gasteiger partial charge in [0.15, 0.2) is 0 Å². The second kappa shape index (κ2) is 5.28. The first kappa shape index (κ1) is 10.6. The normalized spacial score (nSPS) is 26.7. The minimum absolute atomic E-state index is 0.233. The Hall–Kier alpha value is -0.870. The second-order valence-electron chi connectivity index (χ2n) is 4.13. The Morgan fingerprint density at radius 1 is 1.40 bits per heavy atom. The zero-order chi connectivity index (χ0) is 10.5. The van der Waals surface area contributed by atoms with E-state index in [1.165, 1.54) is 12.8 Å². The van der Waals surface area contributed by atoms with E-state index in [4.69, 9.17) is 10.5 Å². The van der Waals surface area contributed by atoms with Crippen LogP contribution in [-0.2, 0) is 11.3 Å². The molecule has 1 heterocycles. The highest BCUT2D eigenvalue weighted by atomic mass is 16.5. The molecule has 15 heavy (non-hydrogen) atoms. The van der Waals surface area contributed by atoms with Crippen LogP contribution in [0.15, 0.2) is 18.5 Å². The number of hydrogen-bond donors (Lipinski definition) is 1. The van der Waals surface area contributed by atoms with Crippen molar-refractivity contribution in [2.75, 3.05) is 6.61 Å². The van der Waals surface area contributed by atoms with Gasteiger partial charge in [0, 0.05) is 18.4 Å². The van der Waals surface area contributed by atoms with Crippen LogP contribution in [0.4, 0.5) is 0 Å². The smallest absolute Gasteiger partial charge is 0.0726 e. The van der Waals surface area contributed by atoms with Crippen molar-refractivity contribution in [3.05, 3.63) is 18.5 Å². The van der Waals surface area contributed by atoms with Crippen LogP contribution in [0.25, 0.3) is 0 Å². The third-order valence-corrected chi connectivity index (χ3v) is 2.97. The van der Waals surface area contributed by atoms with Crippen LogP contribution in [0.2, 0.25) is 0 Å². The molecule has 1 aromatic heterocycles. The van der Waals surface area contributed by atoms with Crippen molar-refractivity contribution in [1.29, 1.82) is 0 Å². The standard InChI is InChI=1S/C11H19N3O/c12-10-4-1-2-5-11(10)15-9-8-14-7-3-6-13-14/h3,6-7,10-11H,1-2,4-5,8-9,12H2. The Labute approximate surface area is 90.4 Å². The largest absolute Gasteiger partial charge is 0.375 e. The van der Waals surface area contributed by atoms with E-state index in [0.29, 0.717) is 6.61 Å². The van der Waals surface area contributed by atoms with E-state index in [9.17, 15) is 0 Å². The first-order valence-corrected chi connectivity index (χ1v) is 5.71. The lowest BCUT2D eigenvalue weighted by Crippen LogP contribution is -2.39. The molecule has 2 rings (SSSR count). The van der Waals surface area contributed by atoms with Crippen LogP contribution < -0.4 is 5.73 Å². The minimum atomic E-state index is 0.233. The fraction of sp³-hybridized carbons (Fsp3) is 0.727. The maximum absolute atomic E-state index is 5.99. The highest BCUT2D eigenvalue weighted by molar-refractivity contribution is 4.79. The fourth-order valence-corrected chi connectivity index (χ4v) is 2.06. The quantitative estimate of drug-likeness (QED) is 0.810. The Morgan fingerprint density at radius 3 is 3.00 bits per heavy atom. The van der Waals surface area contributed by atoms with Crippen LogP contribution in [0.5, 0.6) is 0 Å². The molecular formula is C11H19N3O. The number of aromatic nitrogens is 2. The van der Waals surface area contributed by atoms with Crippen LogP contribution in [-0.4, -0.2) is 28.5 Å². The number of nitrogens with two attached hydrogens (primary N) is 1. The molecule has 0 amide bonds. The predicted molar refractivity (Wildman–Crippen MR) is 58.4 cm³/mol. The van der Waals surface area contributed by atoms with Gasteiger partial charge in [0.25, 0.3) is 0 Å². The molecule has 4 heteroatoms. The molecule has 2 unspecified atom stereocenters. The van der Waals surface area contributed by atoms with Gasteiger partial charge < -0.3 is 10.5 Å². The van der Waals surface area contributed by atoms with E-state index in [-0.39, 0.29) is 12.1 Å². The molecule has 84 valence electrons. The topological polar surface area (TPSA) is 53.1 Å². The molecule has 0 aliphatic heterocycles. The van der Waals surface area contributed by atoms with Gasteiger partial charge in [-0.2, -0.15) is 5.10 Å². The zero-order valence-corrected chi connectivity index (χ0v) is 9.01. The number of ether oxygens (including phenoxy) is 1. The lowest BCUT2D eigenvalue weighted by atomic mass is 9.93. The molecule has 2 atom stereocenters. The summed E-state index contributed by atoms with van der Waals surface area (Å²) in [6.07, 6.45) is 8.71. The lowest BCUT2D eigenvalue weighted by molar-refractivity contribution is 0.0101. The van der Waals surface area contributed by atoms with Gasteiger partial charge in [-0.1, -0.05) is 12.8 Å². The van der Waals surface area contributed by atoms with Gasteiger partial charge in [0.05, 0.1) is 19.3 Å². The van der Waals surface area contributed by atoms with Gasteiger partial charge in [0.2, 0.25) is 0 Å². The average Bonchev–Trinajstić information content (AvgIpc) is 2.74. The van der Waals surface area contributed by atoms with E-state index >= 15 is 0 Å². The van der Waals surface area contributed by atoms with Crippen molar-refractivity contribution >= 4 is 0 Å². The van der Waals surface area contributed by atoms with Gasteiger partial charge in [-0.15, -0.1) is 0 Å². The van der Waals surface area contributed by atoms with Crippen molar-refractivity contribution in [2.45, 2.75) is 44.4 Å². The minimum Gasteiger partial charge on any atom is -0.375 e. The van der Waals surface area contributed by atoms with E-state index in [2.05, 4.69) is 5.10 Å². The van der Waals surface area contributed by atoms with Gasteiger partial charge in [0.1, 0.15) is 0 Å². The third-order valence-electron chi connectivity index (χ3n) is 2.97. The van der Waals surface area contributed by atoms with Crippen molar-refractivity contribution in [2.24, 2.45) is 5.73 Å². The van der Waals surface area contributed by atoms with E-state index < -0.39 is 0 Å². The molecule has 1 aliphatic carbocycles. The monoisotopic (exact) mass is 209 g/mol. The first-order chi connectivity index (χ1) is 7.36. The third kappa shape index (κ3) is 3.04. The number of nitrogens with zero attached hydrogens (tertiary/aromatic N) is 2. The summed E-state index contributed by atoms with van der Waals surface area (Å²) < 4.78 is 7.67. The SMILES string of the molecule is NC1CCCCC1OCCn1cccn1. The molecular weight excluding hydrogens is 190 g/mol. The Kier molecular flexibility index (Phi) is 3.75. The van der Waals surface area contributed by atoms with Crippen molar-refractivity contribution in [3.8, 4) is 0 Å². The summed E-state index contributed by atoms with van der Waals surface area (Å²) in [4.78, 5) is 0. The summed E-state index contributed by atoms with van der Waals surface area (Å²) in [5.41, 5.74) is 5.99. The Bertz CT molecular complexity index is 273. The molecule has 2 N–H and O–H groups in total. The Balaban J connectivity index is 1.68. The molecule has 1 saturated carbocycles. The summed E-state index contributed by atoms with van der Waals surface area (Å²) in [5.74, 6) is 0. The molecule has 0 saturated heterocycles. The van der Waals surface area contributed by atoms with Gasteiger partial charge in [-0.05, 0) is 18.9 Å². The van der Waals surface area contributed by atoms with Crippen LogP contribution >= 0.6 is 0 Å². The van der Waals surface area contributed by atoms with Crippen molar-refractivity contribution < 1.29 is 4.74 Å². The van der Waals surface area contributed by atoms with Crippen LogP contribution in [0, 0.1) is 0 Å². The molecule has 0 aromatic carbocycles. The summed E-state index contributed by atoms with van der Waals surface area (Å²) in [6.45, 7) is 1.52. The zero-order valence-electron chi connectivity index (χ0n) is 9.01. The lowest BCUT2D eigenvalue weighted by Gasteiger charge is -2.28. The highest BCUT2D eigenvalue weighted by Crippen LogP contribution is 2.19. The maximum atomic E-state index is 5.99. The van der Waals surface area contributed by atoms with Crippen LogP contribution in [0.3, 0.4) is 0 Å². The first-order valence-electron chi connectivity index (χ1n) is 5.71. The molecule has 1 fully saturated rings. The molecule has 1 aliphatic rings. The van der Waals surface area contributed by atoms with Gasteiger partial charge in [-0.3, -0.25) is 4.68 Å².